The van der Waals surface area contributed by atoms with E-state index in [2.05, 4.69) is 36.2 Å². The van der Waals surface area contributed by atoms with E-state index in [4.69, 9.17) is 9.47 Å². The fraction of sp³-hybridized carbons (Fsp3) is 0.538. The van der Waals surface area contributed by atoms with Gasteiger partial charge in [-0.05, 0) is 18.6 Å². The molecule has 1 aliphatic heterocycles. The number of anilines is 1. The van der Waals surface area contributed by atoms with Crippen LogP contribution in [-0.4, -0.2) is 33.1 Å². The molecule has 1 heterocycles. The minimum atomic E-state index is -0.0140. The summed E-state index contributed by atoms with van der Waals surface area (Å²) >= 11 is 0. The lowest BCUT2D eigenvalue weighted by Crippen LogP contribution is -2.29. The minimum Gasteiger partial charge on any atom is -0.374 e. The molecule has 0 atom stereocenters. The SMILES string of the molecule is CN(CCC1OCCCO1)c1ccccc1. The summed E-state index contributed by atoms with van der Waals surface area (Å²) in [6.45, 7) is 2.62. The molecule has 1 aliphatic rings. The Labute approximate surface area is 97.0 Å². The first kappa shape index (κ1) is 11.4. The van der Waals surface area contributed by atoms with Gasteiger partial charge in [0.1, 0.15) is 0 Å². The van der Waals surface area contributed by atoms with Gasteiger partial charge in [-0.3, -0.25) is 0 Å². The molecule has 1 aromatic rings. The highest BCUT2D eigenvalue weighted by atomic mass is 16.7. The summed E-state index contributed by atoms with van der Waals surface area (Å²) in [4.78, 5) is 2.22. The summed E-state index contributed by atoms with van der Waals surface area (Å²) in [5, 5.41) is 0. The Hall–Kier alpha value is -1.06. The van der Waals surface area contributed by atoms with Crippen LogP contribution in [0, 0.1) is 0 Å². The number of rotatable bonds is 4. The van der Waals surface area contributed by atoms with Crippen molar-refractivity contribution < 1.29 is 9.47 Å². The molecule has 2 rings (SSSR count). The van der Waals surface area contributed by atoms with E-state index in [1.165, 1.54) is 5.69 Å². The third-order valence-electron chi connectivity index (χ3n) is 2.79. The van der Waals surface area contributed by atoms with Crippen LogP contribution in [0.4, 0.5) is 5.69 Å². The fourth-order valence-corrected chi connectivity index (χ4v) is 1.81. The molecule has 88 valence electrons. The van der Waals surface area contributed by atoms with E-state index in [9.17, 15) is 0 Å². The lowest BCUT2D eigenvalue weighted by Gasteiger charge is -2.26. The van der Waals surface area contributed by atoms with Gasteiger partial charge in [-0.2, -0.15) is 0 Å². The number of hydrogen-bond acceptors (Lipinski definition) is 3. The Morgan fingerprint density at radius 1 is 1.19 bits per heavy atom. The molecule has 0 saturated carbocycles. The van der Waals surface area contributed by atoms with Gasteiger partial charge in [0.05, 0.1) is 13.2 Å². The highest BCUT2D eigenvalue weighted by Crippen LogP contribution is 2.14. The Bertz CT molecular complexity index is 296. The molecular weight excluding hydrogens is 202 g/mol. The summed E-state index contributed by atoms with van der Waals surface area (Å²) in [6.07, 6.45) is 1.93. The molecule has 0 aliphatic carbocycles. The molecule has 0 aromatic heterocycles. The van der Waals surface area contributed by atoms with Crippen molar-refractivity contribution in [2.45, 2.75) is 19.1 Å². The maximum atomic E-state index is 5.52. The average molecular weight is 221 g/mol. The molecule has 0 spiro atoms. The van der Waals surface area contributed by atoms with Crippen molar-refractivity contribution in [2.24, 2.45) is 0 Å². The second-order valence-electron chi connectivity index (χ2n) is 4.07. The molecule has 1 saturated heterocycles. The Morgan fingerprint density at radius 3 is 2.56 bits per heavy atom. The first-order valence-corrected chi connectivity index (χ1v) is 5.85. The zero-order valence-electron chi connectivity index (χ0n) is 9.76. The van der Waals surface area contributed by atoms with Crippen molar-refractivity contribution in [1.29, 1.82) is 0 Å². The van der Waals surface area contributed by atoms with Crippen LogP contribution in [0.25, 0.3) is 0 Å². The minimum absolute atomic E-state index is 0.0140. The third kappa shape index (κ3) is 3.22. The zero-order chi connectivity index (χ0) is 11.2. The second-order valence-corrected chi connectivity index (χ2v) is 4.07. The number of hydrogen-bond donors (Lipinski definition) is 0. The van der Waals surface area contributed by atoms with Gasteiger partial charge in [0.2, 0.25) is 0 Å². The van der Waals surface area contributed by atoms with Crippen LogP contribution in [0.5, 0.6) is 0 Å². The average Bonchev–Trinajstić information content (AvgIpc) is 2.38. The van der Waals surface area contributed by atoms with Gasteiger partial charge in [0, 0.05) is 25.7 Å². The molecule has 3 nitrogen and oxygen atoms in total. The lowest BCUT2D eigenvalue weighted by atomic mass is 10.3. The first-order chi connectivity index (χ1) is 7.86. The highest BCUT2D eigenvalue weighted by molar-refractivity contribution is 5.44. The van der Waals surface area contributed by atoms with Crippen LogP contribution in [0.3, 0.4) is 0 Å². The van der Waals surface area contributed by atoms with Crippen molar-refractivity contribution in [1.82, 2.24) is 0 Å². The summed E-state index contributed by atoms with van der Waals surface area (Å²) in [5.41, 5.74) is 1.23. The summed E-state index contributed by atoms with van der Waals surface area (Å²) in [7, 11) is 2.10. The predicted octanol–water partition coefficient (Wildman–Crippen LogP) is 2.28. The molecule has 0 amide bonds. The van der Waals surface area contributed by atoms with Crippen molar-refractivity contribution in [2.75, 3.05) is 31.7 Å². The highest BCUT2D eigenvalue weighted by Gasteiger charge is 2.14. The number of nitrogens with zero attached hydrogens (tertiary/aromatic N) is 1. The molecule has 1 aromatic carbocycles. The largest absolute Gasteiger partial charge is 0.374 e. The van der Waals surface area contributed by atoms with Crippen molar-refractivity contribution in [3.8, 4) is 0 Å². The van der Waals surface area contributed by atoms with Gasteiger partial charge >= 0.3 is 0 Å². The van der Waals surface area contributed by atoms with E-state index in [-0.39, 0.29) is 6.29 Å². The first-order valence-electron chi connectivity index (χ1n) is 5.85. The molecule has 16 heavy (non-hydrogen) atoms. The van der Waals surface area contributed by atoms with Crippen LogP contribution in [-0.2, 0) is 9.47 Å². The molecule has 0 unspecified atom stereocenters. The summed E-state index contributed by atoms with van der Waals surface area (Å²) in [5.74, 6) is 0. The van der Waals surface area contributed by atoms with E-state index in [0.717, 1.165) is 32.6 Å². The van der Waals surface area contributed by atoms with E-state index in [1.807, 2.05) is 6.07 Å². The van der Waals surface area contributed by atoms with Crippen LogP contribution < -0.4 is 4.90 Å². The second kappa shape index (κ2) is 5.87. The van der Waals surface area contributed by atoms with Gasteiger partial charge < -0.3 is 14.4 Å². The Morgan fingerprint density at radius 2 is 1.88 bits per heavy atom. The van der Waals surface area contributed by atoms with Gasteiger partial charge in [-0.25, -0.2) is 0 Å². The predicted molar refractivity (Wildman–Crippen MR) is 64.6 cm³/mol. The molecule has 0 radical (unpaired) electrons. The molecule has 0 bridgehead atoms. The van der Waals surface area contributed by atoms with Gasteiger partial charge in [0.25, 0.3) is 0 Å². The number of benzene rings is 1. The quantitative estimate of drug-likeness (QED) is 0.778. The summed E-state index contributed by atoms with van der Waals surface area (Å²) in [6, 6.07) is 10.4. The maximum Gasteiger partial charge on any atom is 0.159 e. The van der Waals surface area contributed by atoms with Crippen molar-refractivity contribution >= 4 is 5.69 Å². The van der Waals surface area contributed by atoms with Gasteiger partial charge in [-0.1, -0.05) is 18.2 Å². The van der Waals surface area contributed by atoms with Crippen molar-refractivity contribution in [3.05, 3.63) is 30.3 Å². The normalized spacial score (nSPS) is 17.3. The lowest BCUT2D eigenvalue weighted by molar-refractivity contribution is -0.179. The van der Waals surface area contributed by atoms with E-state index >= 15 is 0 Å². The summed E-state index contributed by atoms with van der Waals surface area (Å²) < 4.78 is 11.0. The van der Waals surface area contributed by atoms with Gasteiger partial charge in [0.15, 0.2) is 6.29 Å². The smallest absolute Gasteiger partial charge is 0.159 e. The third-order valence-corrected chi connectivity index (χ3v) is 2.79. The fourth-order valence-electron chi connectivity index (χ4n) is 1.81. The molecular formula is C13H19NO2. The standard InChI is InChI=1S/C13H19NO2/c1-14(12-6-3-2-4-7-12)9-8-13-15-10-5-11-16-13/h2-4,6-7,13H,5,8-11H2,1H3. The van der Waals surface area contributed by atoms with E-state index in [0.29, 0.717) is 0 Å². The van der Waals surface area contributed by atoms with E-state index in [1.54, 1.807) is 0 Å². The number of para-hydroxylation sites is 1. The zero-order valence-corrected chi connectivity index (χ0v) is 9.76. The Balaban J connectivity index is 1.77. The van der Waals surface area contributed by atoms with Crippen molar-refractivity contribution in [3.63, 3.8) is 0 Å². The van der Waals surface area contributed by atoms with Crippen LogP contribution in [0.2, 0.25) is 0 Å². The molecule has 1 fully saturated rings. The Kier molecular flexibility index (Phi) is 4.19. The van der Waals surface area contributed by atoms with E-state index < -0.39 is 0 Å². The van der Waals surface area contributed by atoms with Gasteiger partial charge in [-0.15, -0.1) is 0 Å². The van der Waals surface area contributed by atoms with Crippen LogP contribution in [0.1, 0.15) is 12.8 Å². The molecule has 0 N–H and O–H groups in total. The van der Waals surface area contributed by atoms with Crippen LogP contribution in [0.15, 0.2) is 30.3 Å². The topological polar surface area (TPSA) is 21.7 Å². The number of ether oxygens (including phenoxy) is 2. The molecule has 3 heteroatoms. The van der Waals surface area contributed by atoms with Crippen LogP contribution >= 0.6 is 0 Å². The maximum absolute atomic E-state index is 5.52. The monoisotopic (exact) mass is 221 g/mol.